The van der Waals surface area contributed by atoms with E-state index in [-0.39, 0.29) is 34.0 Å². The van der Waals surface area contributed by atoms with Crippen LogP contribution in [0.5, 0.6) is 0 Å². The fourth-order valence-electron chi connectivity index (χ4n) is 5.82. The van der Waals surface area contributed by atoms with Gasteiger partial charge in [0.15, 0.2) is 11.6 Å². The lowest BCUT2D eigenvalue weighted by Crippen LogP contribution is -2.54. The van der Waals surface area contributed by atoms with Crippen LogP contribution in [0.2, 0.25) is 5.02 Å². The Morgan fingerprint density at radius 3 is 2.35 bits per heavy atom. The summed E-state index contributed by atoms with van der Waals surface area (Å²) in [6, 6.07) is 11.6. The largest absolute Gasteiger partial charge is 0.368 e. The second-order valence-electron chi connectivity index (χ2n) is 11.1. The standard InChI is InChI=1S/C30H32ClF2N7O2S/c1-19-16-38(17-20(2)35-19)23-5-6-28(26(32)15-23)40-18-25(30(36-40)21-7-9-34-10-8-21)24-13-22(31)14-27(29(24)33)37-43(41,42)39-11-3-4-12-39/h5-10,13-15,18-20,35,37H,3-4,11-12,16-17H2,1-2H3/t19-,20-/m1/s1. The van der Waals surface area contributed by atoms with Crippen molar-refractivity contribution in [1.82, 2.24) is 24.4 Å². The number of halogens is 3. The molecule has 0 unspecified atom stereocenters. The molecular formula is C30H32ClF2N7O2S. The van der Waals surface area contributed by atoms with E-state index >= 15 is 8.78 Å². The fraction of sp³-hybridized carbons (Fsp3) is 0.333. The Morgan fingerprint density at radius 1 is 0.977 bits per heavy atom. The summed E-state index contributed by atoms with van der Waals surface area (Å²) in [5.41, 5.74) is 1.95. The Bertz CT molecular complexity index is 1740. The van der Waals surface area contributed by atoms with Crippen LogP contribution in [-0.4, -0.2) is 65.8 Å². The summed E-state index contributed by atoms with van der Waals surface area (Å²) in [5, 5.41) is 8.26. The van der Waals surface area contributed by atoms with E-state index in [4.69, 9.17) is 11.6 Å². The minimum atomic E-state index is -3.98. The van der Waals surface area contributed by atoms with E-state index in [2.05, 4.69) is 38.9 Å². The lowest BCUT2D eigenvalue weighted by atomic mass is 10.0. The molecular weight excluding hydrogens is 596 g/mol. The van der Waals surface area contributed by atoms with Crippen LogP contribution in [0.4, 0.5) is 20.2 Å². The molecule has 2 N–H and O–H groups in total. The molecule has 6 rings (SSSR count). The molecule has 2 aromatic heterocycles. The fourth-order valence-corrected chi connectivity index (χ4v) is 7.34. The topological polar surface area (TPSA) is 95.4 Å². The molecule has 2 aliphatic heterocycles. The van der Waals surface area contributed by atoms with Crippen molar-refractivity contribution in [2.75, 3.05) is 35.8 Å². The van der Waals surface area contributed by atoms with Gasteiger partial charge in [-0.1, -0.05) is 11.6 Å². The van der Waals surface area contributed by atoms with Gasteiger partial charge in [0.2, 0.25) is 0 Å². The van der Waals surface area contributed by atoms with Gasteiger partial charge in [0.05, 0.1) is 5.69 Å². The predicted octanol–water partition coefficient (Wildman–Crippen LogP) is 5.47. The molecule has 0 aliphatic carbocycles. The van der Waals surface area contributed by atoms with Gasteiger partial charge >= 0.3 is 10.2 Å². The van der Waals surface area contributed by atoms with Crippen LogP contribution in [-0.2, 0) is 10.2 Å². The number of benzene rings is 2. The van der Waals surface area contributed by atoms with Crippen molar-refractivity contribution in [3.63, 3.8) is 0 Å². The van der Waals surface area contributed by atoms with E-state index in [1.54, 1.807) is 30.6 Å². The molecule has 9 nitrogen and oxygen atoms in total. The first-order valence-electron chi connectivity index (χ1n) is 14.2. The maximum atomic E-state index is 16.1. The quantitative estimate of drug-likeness (QED) is 0.282. The molecule has 2 saturated heterocycles. The second kappa shape index (κ2) is 11.8. The van der Waals surface area contributed by atoms with E-state index in [1.165, 1.54) is 33.4 Å². The van der Waals surface area contributed by atoms with Crippen molar-refractivity contribution in [3.05, 3.63) is 77.7 Å². The van der Waals surface area contributed by atoms with Gasteiger partial charge < -0.3 is 10.2 Å². The van der Waals surface area contributed by atoms with E-state index < -0.39 is 21.8 Å². The first-order chi connectivity index (χ1) is 20.6. The highest BCUT2D eigenvalue weighted by molar-refractivity contribution is 7.90. The van der Waals surface area contributed by atoms with Gasteiger partial charge in [-0.2, -0.15) is 17.8 Å². The molecule has 13 heteroatoms. The Morgan fingerprint density at radius 2 is 1.67 bits per heavy atom. The van der Waals surface area contributed by atoms with E-state index in [0.717, 1.165) is 31.6 Å². The van der Waals surface area contributed by atoms with Gasteiger partial charge in [-0.3, -0.25) is 9.71 Å². The Balaban J connectivity index is 1.42. The third-order valence-corrected chi connectivity index (χ3v) is 9.48. The smallest absolute Gasteiger partial charge is 0.301 e. The molecule has 226 valence electrons. The van der Waals surface area contributed by atoms with Crippen molar-refractivity contribution in [3.8, 4) is 28.1 Å². The summed E-state index contributed by atoms with van der Waals surface area (Å²) < 4.78 is 62.7. The number of nitrogens with zero attached hydrogens (tertiary/aromatic N) is 5. The highest BCUT2D eigenvalue weighted by Crippen LogP contribution is 2.38. The molecule has 2 fully saturated rings. The zero-order chi connectivity index (χ0) is 30.3. The normalized spacial score (nSPS) is 19.6. The van der Waals surface area contributed by atoms with Crippen molar-refractivity contribution in [2.45, 2.75) is 38.8 Å². The van der Waals surface area contributed by atoms with Gasteiger partial charge in [-0.15, -0.1) is 0 Å². The molecule has 2 aliphatic rings. The molecule has 0 amide bonds. The summed E-state index contributed by atoms with van der Waals surface area (Å²) in [4.78, 5) is 6.20. The van der Waals surface area contributed by atoms with Gasteiger partial charge in [-0.05, 0) is 69.2 Å². The molecule has 0 saturated carbocycles. The summed E-state index contributed by atoms with van der Waals surface area (Å²) in [6.07, 6.45) is 6.16. The molecule has 4 heterocycles. The van der Waals surface area contributed by atoms with Crippen molar-refractivity contribution >= 4 is 33.2 Å². The first kappa shape index (κ1) is 29.5. The molecule has 2 aromatic carbocycles. The number of rotatable bonds is 7. The number of pyridine rings is 1. The predicted molar refractivity (Wildman–Crippen MR) is 165 cm³/mol. The highest BCUT2D eigenvalue weighted by Gasteiger charge is 2.28. The van der Waals surface area contributed by atoms with Crippen LogP contribution < -0.4 is 14.9 Å². The Hall–Kier alpha value is -3.58. The van der Waals surface area contributed by atoms with Crippen LogP contribution in [0, 0.1) is 11.6 Å². The summed E-state index contributed by atoms with van der Waals surface area (Å²) in [5.74, 6) is -1.31. The van der Waals surface area contributed by atoms with Gasteiger partial charge in [0, 0.05) is 84.3 Å². The number of nitrogens with one attached hydrogen (secondary N) is 2. The second-order valence-corrected chi connectivity index (χ2v) is 13.2. The zero-order valence-electron chi connectivity index (χ0n) is 23.8. The maximum Gasteiger partial charge on any atom is 0.301 e. The van der Waals surface area contributed by atoms with Crippen LogP contribution in [0.1, 0.15) is 26.7 Å². The van der Waals surface area contributed by atoms with Crippen molar-refractivity contribution < 1.29 is 17.2 Å². The number of piperazine rings is 1. The monoisotopic (exact) mass is 627 g/mol. The minimum absolute atomic E-state index is 0.0190. The summed E-state index contributed by atoms with van der Waals surface area (Å²) >= 11 is 6.40. The molecule has 0 spiro atoms. The van der Waals surface area contributed by atoms with Crippen LogP contribution in [0.25, 0.3) is 28.1 Å². The number of anilines is 2. The van der Waals surface area contributed by atoms with Gasteiger partial charge in [0.25, 0.3) is 0 Å². The third-order valence-electron chi connectivity index (χ3n) is 7.74. The average molecular weight is 628 g/mol. The van der Waals surface area contributed by atoms with Crippen LogP contribution in [0.3, 0.4) is 0 Å². The number of hydrogen-bond donors (Lipinski definition) is 2. The lowest BCUT2D eigenvalue weighted by molar-refractivity contribution is 0.406. The van der Waals surface area contributed by atoms with E-state index in [1.807, 2.05) is 6.07 Å². The van der Waals surface area contributed by atoms with Crippen molar-refractivity contribution in [1.29, 1.82) is 0 Å². The van der Waals surface area contributed by atoms with Crippen LogP contribution >= 0.6 is 11.6 Å². The Kier molecular flexibility index (Phi) is 8.12. The average Bonchev–Trinajstić information content (AvgIpc) is 3.66. The molecule has 2 atom stereocenters. The van der Waals surface area contributed by atoms with Gasteiger partial charge in [0.1, 0.15) is 11.4 Å². The van der Waals surface area contributed by atoms with E-state index in [9.17, 15) is 8.42 Å². The SMILES string of the molecule is C[C@@H]1CN(c2ccc(-n3cc(-c4cc(Cl)cc(NS(=O)(=O)N5CCCC5)c4F)c(-c4ccncc4)n3)c(F)c2)C[C@@H](C)N1. The third kappa shape index (κ3) is 6.10. The van der Waals surface area contributed by atoms with Crippen LogP contribution in [0.15, 0.2) is 61.1 Å². The van der Waals surface area contributed by atoms with E-state index in [0.29, 0.717) is 29.9 Å². The van der Waals surface area contributed by atoms with Gasteiger partial charge in [-0.25, -0.2) is 13.5 Å². The van der Waals surface area contributed by atoms with Crippen molar-refractivity contribution in [2.24, 2.45) is 0 Å². The molecule has 43 heavy (non-hydrogen) atoms. The summed E-state index contributed by atoms with van der Waals surface area (Å²) in [7, 11) is -3.98. The first-order valence-corrected chi connectivity index (χ1v) is 16.0. The molecule has 0 bridgehead atoms. The minimum Gasteiger partial charge on any atom is -0.368 e. The maximum absolute atomic E-state index is 16.1. The number of hydrogen-bond acceptors (Lipinski definition) is 6. The number of aromatic nitrogens is 3. The molecule has 4 aromatic rings. The lowest BCUT2D eigenvalue weighted by Gasteiger charge is -2.37. The molecule has 0 radical (unpaired) electrons. The zero-order valence-corrected chi connectivity index (χ0v) is 25.3. The summed E-state index contributed by atoms with van der Waals surface area (Å²) in [6.45, 7) is 6.41. The highest BCUT2D eigenvalue weighted by atomic mass is 35.5. The Labute approximate surface area is 254 Å².